The number of carbonyl (C=O) groups is 1. The molecular formula is C16H21FN2O2. The van der Waals surface area contributed by atoms with Gasteiger partial charge in [0.25, 0.3) is 5.91 Å². The predicted molar refractivity (Wildman–Crippen MR) is 79.0 cm³/mol. The molecule has 5 heteroatoms. The van der Waals surface area contributed by atoms with Crippen molar-refractivity contribution >= 4 is 11.6 Å². The Balaban J connectivity index is 1.89. The van der Waals surface area contributed by atoms with Crippen LogP contribution in [0, 0.1) is 5.82 Å². The van der Waals surface area contributed by atoms with Crippen LogP contribution in [0.25, 0.3) is 0 Å². The zero-order valence-electron chi connectivity index (χ0n) is 12.3. The Morgan fingerprint density at radius 2 is 2.19 bits per heavy atom. The lowest BCUT2D eigenvalue weighted by Gasteiger charge is -2.44. The fourth-order valence-electron chi connectivity index (χ4n) is 3.46. The maximum atomic E-state index is 13.9. The van der Waals surface area contributed by atoms with Crippen molar-refractivity contribution in [1.82, 2.24) is 4.90 Å². The second kappa shape index (κ2) is 6.02. The number of morpholine rings is 1. The van der Waals surface area contributed by atoms with Crippen LogP contribution in [0.4, 0.5) is 10.1 Å². The van der Waals surface area contributed by atoms with Crippen molar-refractivity contribution in [3.8, 4) is 0 Å². The second-order valence-electron chi connectivity index (χ2n) is 5.67. The van der Waals surface area contributed by atoms with Crippen LogP contribution in [0.5, 0.6) is 0 Å². The monoisotopic (exact) mass is 292 g/mol. The first-order chi connectivity index (χ1) is 10.2. The van der Waals surface area contributed by atoms with E-state index >= 15 is 0 Å². The van der Waals surface area contributed by atoms with Gasteiger partial charge in [0.2, 0.25) is 0 Å². The summed E-state index contributed by atoms with van der Waals surface area (Å²) < 4.78 is 19.6. The van der Waals surface area contributed by atoms with Gasteiger partial charge in [0.05, 0.1) is 30.0 Å². The van der Waals surface area contributed by atoms with Crippen molar-refractivity contribution in [2.45, 2.75) is 37.8 Å². The molecule has 1 aliphatic heterocycles. The van der Waals surface area contributed by atoms with E-state index in [-0.39, 0.29) is 23.7 Å². The molecule has 1 aromatic rings. The largest absolute Gasteiger partial charge is 0.385 e. The average molecular weight is 292 g/mol. The third-order valence-electron chi connectivity index (χ3n) is 4.49. The quantitative estimate of drug-likeness (QED) is 0.911. The van der Waals surface area contributed by atoms with Gasteiger partial charge in [0.1, 0.15) is 5.82 Å². The van der Waals surface area contributed by atoms with Gasteiger partial charge < -0.3 is 15.0 Å². The summed E-state index contributed by atoms with van der Waals surface area (Å²) in [4.78, 5) is 14.7. The van der Waals surface area contributed by atoms with Gasteiger partial charge >= 0.3 is 0 Å². The van der Waals surface area contributed by atoms with Gasteiger partial charge in [-0.2, -0.15) is 0 Å². The Morgan fingerprint density at radius 3 is 3.00 bits per heavy atom. The number of benzene rings is 1. The molecule has 2 unspecified atom stereocenters. The summed E-state index contributed by atoms with van der Waals surface area (Å²) in [5.41, 5.74) is 0.685. The number of para-hydroxylation sites is 1. The molecule has 21 heavy (non-hydrogen) atoms. The van der Waals surface area contributed by atoms with Crippen molar-refractivity contribution in [3.63, 3.8) is 0 Å². The normalized spacial score (nSPS) is 25.3. The van der Waals surface area contributed by atoms with Gasteiger partial charge in [-0.15, -0.1) is 0 Å². The van der Waals surface area contributed by atoms with Gasteiger partial charge in [-0.3, -0.25) is 4.79 Å². The summed E-state index contributed by atoms with van der Waals surface area (Å²) in [5, 5.41) is 2.80. The molecule has 3 rings (SSSR count). The van der Waals surface area contributed by atoms with Crippen LogP contribution in [0.2, 0.25) is 0 Å². The minimum absolute atomic E-state index is 0.0981. The molecule has 1 aliphatic carbocycles. The summed E-state index contributed by atoms with van der Waals surface area (Å²) in [6, 6.07) is 4.77. The lowest BCUT2D eigenvalue weighted by atomic mass is 9.89. The number of anilines is 1. The number of carbonyl (C=O) groups excluding carboxylic acids is 1. The lowest BCUT2D eigenvalue weighted by molar-refractivity contribution is -0.0752. The molecule has 1 amide bonds. The molecule has 1 N–H and O–H groups in total. The van der Waals surface area contributed by atoms with Crippen molar-refractivity contribution in [2.24, 2.45) is 0 Å². The summed E-state index contributed by atoms with van der Waals surface area (Å²) in [6.07, 6.45) is 4.40. The number of fused-ring (bicyclic) bond motifs is 1. The number of rotatable bonds is 2. The molecule has 1 aromatic carbocycles. The number of ether oxygens (including phenoxy) is 1. The minimum Gasteiger partial charge on any atom is -0.385 e. The topological polar surface area (TPSA) is 41.6 Å². The highest BCUT2D eigenvalue weighted by Gasteiger charge is 2.37. The first-order valence-corrected chi connectivity index (χ1v) is 7.61. The van der Waals surface area contributed by atoms with E-state index in [2.05, 4.69) is 5.32 Å². The lowest BCUT2D eigenvalue weighted by Crippen LogP contribution is -2.54. The SMILES string of the molecule is CNc1c(F)cccc1C(=O)N1CCOC2CCCCC21. The van der Waals surface area contributed by atoms with E-state index < -0.39 is 5.82 Å². The van der Waals surface area contributed by atoms with E-state index in [1.807, 2.05) is 4.90 Å². The van der Waals surface area contributed by atoms with Crippen LogP contribution in [0.15, 0.2) is 18.2 Å². The molecule has 0 radical (unpaired) electrons. The van der Waals surface area contributed by atoms with E-state index in [1.165, 1.54) is 6.07 Å². The Morgan fingerprint density at radius 1 is 1.38 bits per heavy atom. The molecule has 2 aliphatic rings. The Bertz CT molecular complexity index is 533. The van der Waals surface area contributed by atoms with Gasteiger partial charge in [-0.05, 0) is 25.0 Å². The summed E-state index contributed by atoms with van der Waals surface area (Å²) in [7, 11) is 1.64. The highest BCUT2D eigenvalue weighted by Crippen LogP contribution is 2.31. The minimum atomic E-state index is -0.392. The summed E-state index contributed by atoms with van der Waals surface area (Å²) >= 11 is 0. The zero-order chi connectivity index (χ0) is 14.8. The van der Waals surface area contributed by atoms with Gasteiger partial charge in [0.15, 0.2) is 0 Å². The standard InChI is InChI=1S/C16H21FN2O2/c1-18-15-11(5-4-6-12(15)17)16(20)19-9-10-21-14-8-3-2-7-13(14)19/h4-6,13-14,18H,2-3,7-10H2,1H3. The highest BCUT2D eigenvalue weighted by atomic mass is 19.1. The molecule has 114 valence electrons. The van der Waals surface area contributed by atoms with E-state index in [0.717, 1.165) is 25.7 Å². The van der Waals surface area contributed by atoms with Crippen LogP contribution in [0.3, 0.4) is 0 Å². The first kappa shape index (κ1) is 14.3. The zero-order valence-corrected chi connectivity index (χ0v) is 12.3. The maximum absolute atomic E-state index is 13.9. The third-order valence-corrected chi connectivity index (χ3v) is 4.49. The molecule has 4 nitrogen and oxygen atoms in total. The van der Waals surface area contributed by atoms with Crippen molar-refractivity contribution in [2.75, 3.05) is 25.5 Å². The van der Waals surface area contributed by atoms with Crippen LogP contribution < -0.4 is 5.32 Å². The van der Waals surface area contributed by atoms with Crippen LogP contribution in [-0.2, 0) is 4.74 Å². The summed E-state index contributed by atoms with van der Waals surface area (Å²) in [6.45, 7) is 1.15. The molecule has 0 aromatic heterocycles. The molecule has 1 heterocycles. The average Bonchev–Trinajstić information content (AvgIpc) is 2.53. The van der Waals surface area contributed by atoms with Crippen molar-refractivity contribution in [1.29, 1.82) is 0 Å². The smallest absolute Gasteiger partial charge is 0.256 e. The van der Waals surface area contributed by atoms with E-state index in [1.54, 1.807) is 19.2 Å². The second-order valence-corrected chi connectivity index (χ2v) is 5.67. The predicted octanol–water partition coefficient (Wildman–Crippen LogP) is 2.65. The molecule has 0 bridgehead atoms. The number of halogens is 1. The summed E-state index contributed by atoms with van der Waals surface area (Å²) in [5.74, 6) is -0.490. The highest BCUT2D eigenvalue weighted by molar-refractivity contribution is 6.00. The van der Waals surface area contributed by atoms with Crippen molar-refractivity contribution in [3.05, 3.63) is 29.6 Å². The van der Waals surface area contributed by atoms with Crippen molar-refractivity contribution < 1.29 is 13.9 Å². The molecular weight excluding hydrogens is 271 g/mol. The fourth-order valence-corrected chi connectivity index (χ4v) is 3.46. The number of hydrogen-bond acceptors (Lipinski definition) is 3. The van der Waals surface area contributed by atoms with E-state index in [0.29, 0.717) is 18.7 Å². The molecule has 0 spiro atoms. The molecule has 1 saturated carbocycles. The Labute approximate surface area is 124 Å². The van der Waals surface area contributed by atoms with Gasteiger partial charge in [-0.25, -0.2) is 4.39 Å². The Hall–Kier alpha value is -1.62. The maximum Gasteiger partial charge on any atom is 0.256 e. The number of amides is 1. The number of nitrogens with one attached hydrogen (secondary N) is 1. The van der Waals surface area contributed by atoms with Gasteiger partial charge in [-0.1, -0.05) is 18.9 Å². The van der Waals surface area contributed by atoms with Crippen LogP contribution in [-0.4, -0.2) is 43.2 Å². The molecule has 2 fully saturated rings. The number of hydrogen-bond donors (Lipinski definition) is 1. The Kier molecular flexibility index (Phi) is 4.10. The first-order valence-electron chi connectivity index (χ1n) is 7.61. The fraction of sp³-hybridized carbons (Fsp3) is 0.562. The molecule has 1 saturated heterocycles. The third kappa shape index (κ3) is 2.62. The van der Waals surface area contributed by atoms with Gasteiger partial charge in [0, 0.05) is 13.6 Å². The van der Waals surface area contributed by atoms with E-state index in [4.69, 9.17) is 4.74 Å². The van der Waals surface area contributed by atoms with E-state index in [9.17, 15) is 9.18 Å². The molecule has 2 atom stereocenters. The number of nitrogens with zero attached hydrogens (tertiary/aromatic N) is 1. The van der Waals surface area contributed by atoms with Crippen LogP contribution in [0.1, 0.15) is 36.0 Å². The van der Waals surface area contributed by atoms with Crippen LogP contribution >= 0.6 is 0 Å².